The van der Waals surface area contributed by atoms with Gasteiger partial charge in [-0.2, -0.15) is 0 Å². The van der Waals surface area contributed by atoms with E-state index in [0.717, 1.165) is 16.5 Å². The number of aliphatic carboxylic acids is 1. The summed E-state index contributed by atoms with van der Waals surface area (Å²) in [5.74, 6) is -2.68. The first-order chi connectivity index (χ1) is 14.1. The highest BCUT2D eigenvalue weighted by atomic mass is 32.2. The number of carbonyl (C=O) groups is 3. The SMILES string of the molecule is CS(=O)(=O)CC1=CCC(NC(=O)c2nccc3ccccc23)C(=O)N(CC(=O)O)C1. The minimum atomic E-state index is -3.37. The second kappa shape index (κ2) is 8.62. The maximum Gasteiger partial charge on any atom is 0.323 e. The highest BCUT2D eigenvalue weighted by Gasteiger charge is 2.31. The third-order valence-corrected chi connectivity index (χ3v) is 5.51. The van der Waals surface area contributed by atoms with Crippen LogP contribution >= 0.6 is 0 Å². The number of carbonyl (C=O) groups excluding carboxylic acids is 2. The quantitative estimate of drug-likeness (QED) is 0.641. The van der Waals surface area contributed by atoms with Crippen molar-refractivity contribution in [3.63, 3.8) is 0 Å². The predicted octanol–water partition coefficient (Wildman–Crippen LogP) is 0.621. The van der Waals surface area contributed by atoms with E-state index in [2.05, 4.69) is 10.3 Å². The summed E-state index contributed by atoms with van der Waals surface area (Å²) in [7, 11) is -3.37. The van der Waals surface area contributed by atoms with Crippen molar-refractivity contribution in [2.45, 2.75) is 12.5 Å². The van der Waals surface area contributed by atoms with Crippen LogP contribution in [0, 0.1) is 0 Å². The van der Waals surface area contributed by atoms with E-state index in [1.54, 1.807) is 24.3 Å². The number of aromatic nitrogens is 1. The van der Waals surface area contributed by atoms with Gasteiger partial charge in [-0.05, 0) is 23.4 Å². The van der Waals surface area contributed by atoms with Gasteiger partial charge in [0.25, 0.3) is 5.91 Å². The molecule has 1 aliphatic rings. The van der Waals surface area contributed by atoms with E-state index >= 15 is 0 Å². The van der Waals surface area contributed by atoms with Crippen molar-refractivity contribution in [3.05, 3.63) is 53.9 Å². The number of amides is 2. The molecule has 30 heavy (non-hydrogen) atoms. The van der Waals surface area contributed by atoms with Crippen LogP contribution in [0.2, 0.25) is 0 Å². The Morgan fingerprint density at radius 2 is 2.00 bits per heavy atom. The van der Waals surface area contributed by atoms with Crippen LogP contribution in [0.5, 0.6) is 0 Å². The fourth-order valence-electron chi connectivity index (χ4n) is 3.38. The molecule has 2 aromatic rings. The molecule has 10 heteroatoms. The molecule has 0 aliphatic carbocycles. The van der Waals surface area contributed by atoms with E-state index in [-0.39, 0.29) is 24.4 Å². The van der Waals surface area contributed by atoms with Gasteiger partial charge in [-0.3, -0.25) is 19.4 Å². The molecule has 2 amide bonds. The Bertz CT molecular complexity index is 1140. The first-order valence-electron chi connectivity index (χ1n) is 9.15. The zero-order valence-corrected chi connectivity index (χ0v) is 17.1. The van der Waals surface area contributed by atoms with Gasteiger partial charge in [-0.1, -0.05) is 30.3 Å². The molecule has 0 radical (unpaired) electrons. The van der Waals surface area contributed by atoms with Crippen molar-refractivity contribution in [3.8, 4) is 0 Å². The number of carboxylic acid groups (broad SMARTS) is 1. The second-order valence-corrected chi connectivity index (χ2v) is 9.30. The van der Waals surface area contributed by atoms with Crippen molar-refractivity contribution >= 4 is 38.4 Å². The van der Waals surface area contributed by atoms with E-state index in [4.69, 9.17) is 5.11 Å². The summed E-state index contributed by atoms with van der Waals surface area (Å²) in [5, 5.41) is 13.2. The number of nitrogens with one attached hydrogen (secondary N) is 1. The molecule has 0 fully saturated rings. The predicted molar refractivity (Wildman–Crippen MR) is 110 cm³/mol. The van der Waals surface area contributed by atoms with Gasteiger partial charge in [0.1, 0.15) is 18.3 Å². The van der Waals surface area contributed by atoms with Crippen molar-refractivity contribution in [1.82, 2.24) is 15.2 Å². The molecule has 1 atom stereocenters. The van der Waals surface area contributed by atoms with E-state index < -0.39 is 40.2 Å². The fraction of sp³-hybridized carbons (Fsp3) is 0.300. The van der Waals surface area contributed by atoms with Crippen molar-refractivity contribution in [2.75, 3.05) is 25.1 Å². The normalized spacial score (nSPS) is 17.4. The monoisotopic (exact) mass is 431 g/mol. The summed E-state index contributed by atoms with van der Waals surface area (Å²) in [4.78, 5) is 42.1. The number of fused-ring (bicyclic) bond motifs is 1. The number of hydrogen-bond acceptors (Lipinski definition) is 6. The molecular formula is C20H21N3O6S. The van der Waals surface area contributed by atoms with E-state index in [1.165, 1.54) is 6.20 Å². The van der Waals surface area contributed by atoms with Crippen molar-refractivity contribution in [2.24, 2.45) is 0 Å². The number of sulfone groups is 1. The highest BCUT2D eigenvalue weighted by Crippen LogP contribution is 2.18. The van der Waals surface area contributed by atoms with E-state index in [0.29, 0.717) is 11.0 Å². The van der Waals surface area contributed by atoms with Gasteiger partial charge in [-0.15, -0.1) is 0 Å². The Labute approximate surface area is 173 Å². The van der Waals surface area contributed by atoms with Gasteiger partial charge in [-0.25, -0.2) is 8.42 Å². The molecule has 1 aromatic carbocycles. The molecule has 0 saturated heterocycles. The minimum absolute atomic E-state index is 0.0519. The fourth-order valence-corrected chi connectivity index (χ4v) is 4.26. The van der Waals surface area contributed by atoms with Gasteiger partial charge in [0.2, 0.25) is 5.91 Å². The molecule has 158 valence electrons. The standard InChI is InChI=1S/C20H21N3O6S/c1-30(28,29)12-13-6-7-16(20(27)23(10-13)11-17(24)25)22-19(26)18-15-5-3-2-4-14(15)8-9-21-18/h2-6,8-9,16H,7,10-12H2,1H3,(H,22,26)(H,24,25). The van der Waals surface area contributed by atoms with Gasteiger partial charge >= 0.3 is 5.97 Å². The Balaban J connectivity index is 1.88. The largest absolute Gasteiger partial charge is 0.480 e. The molecule has 2 N–H and O–H groups in total. The van der Waals surface area contributed by atoms with Crippen molar-refractivity contribution in [1.29, 1.82) is 0 Å². The molecule has 0 saturated carbocycles. The van der Waals surface area contributed by atoms with Gasteiger partial charge in [0.15, 0.2) is 9.84 Å². The first kappa shape index (κ1) is 21.4. The van der Waals surface area contributed by atoms with Crippen LogP contribution in [-0.4, -0.2) is 72.3 Å². The third kappa shape index (κ3) is 5.20. The first-order valence-corrected chi connectivity index (χ1v) is 11.2. The van der Waals surface area contributed by atoms with Crippen LogP contribution in [0.1, 0.15) is 16.9 Å². The van der Waals surface area contributed by atoms with Gasteiger partial charge in [0, 0.05) is 24.4 Å². The lowest BCUT2D eigenvalue weighted by atomic mass is 10.1. The molecule has 0 spiro atoms. The number of rotatable bonds is 6. The van der Waals surface area contributed by atoms with Crippen molar-refractivity contribution < 1.29 is 27.9 Å². The maximum absolute atomic E-state index is 12.9. The summed E-state index contributed by atoms with van der Waals surface area (Å²) < 4.78 is 23.3. The topological polar surface area (TPSA) is 134 Å². The molecule has 3 rings (SSSR count). The lowest BCUT2D eigenvalue weighted by molar-refractivity contribution is -0.144. The molecule has 0 bridgehead atoms. The summed E-state index contributed by atoms with van der Waals surface area (Å²) in [6, 6.07) is 7.91. The van der Waals surface area contributed by atoms with Crippen LogP contribution < -0.4 is 5.32 Å². The summed E-state index contributed by atoms with van der Waals surface area (Å²) in [6.45, 7) is -0.726. The average Bonchev–Trinajstić information content (AvgIpc) is 2.79. The number of nitrogens with zero attached hydrogens (tertiary/aromatic N) is 2. The number of carboxylic acids is 1. The van der Waals surface area contributed by atoms with Crippen LogP contribution in [0.4, 0.5) is 0 Å². The number of hydrogen-bond donors (Lipinski definition) is 2. The zero-order chi connectivity index (χ0) is 21.9. The Morgan fingerprint density at radius 3 is 2.70 bits per heavy atom. The minimum Gasteiger partial charge on any atom is -0.480 e. The van der Waals surface area contributed by atoms with Crippen LogP contribution in [0.15, 0.2) is 48.2 Å². The molecule has 9 nitrogen and oxygen atoms in total. The number of benzene rings is 1. The number of pyridine rings is 1. The molecular weight excluding hydrogens is 410 g/mol. The van der Waals surface area contributed by atoms with E-state index in [1.807, 2.05) is 12.1 Å². The van der Waals surface area contributed by atoms with Crippen LogP contribution in [0.3, 0.4) is 0 Å². The lowest BCUT2D eigenvalue weighted by Crippen LogP contribution is -2.49. The van der Waals surface area contributed by atoms with Gasteiger partial charge < -0.3 is 15.3 Å². The Kier molecular flexibility index (Phi) is 6.16. The smallest absolute Gasteiger partial charge is 0.323 e. The van der Waals surface area contributed by atoms with Crippen LogP contribution in [-0.2, 0) is 19.4 Å². The summed E-state index contributed by atoms with van der Waals surface area (Å²) >= 11 is 0. The molecule has 1 aromatic heterocycles. The van der Waals surface area contributed by atoms with E-state index in [9.17, 15) is 22.8 Å². The zero-order valence-electron chi connectivity index (χ0n) is 16.2. The molecule has 2 heterocycles. The molecule has 1 aliphatic heterocycles. The summed E-state index contributed by atoms with van der Waals surface area (Å²) in [6.07, 6.45) is 4.18. The highest BCUT2D eigenvalue weighted by molar-refractivity contribution is 7.90. The maximum atomic E-state index is 12.9. The summed E-state index contributed by atoms with van der Waals surface area (Å²) in [5.41, 5.74) is 0.558. The Hall–Kier alpha value is -3.27. The van der Waals surface area contributed by atoms with Gasteiger partial charge in [0.05, 0.1) is 5.75 Å². The average molecular weight is 431 g/mol. The third-order valence-electron chi connectivity index (χ3n) is 4.61. The Morgan fingerprint density at radius 1 is 1.27 bits per heavy atom. The second-order valence-electron chi connectivity index (χ2n) is 7.16. The molecule has 1 unspecified atom stereocenters. The lowest BCUT2D eigenvalue weighted by Gasteiger charge is -2.24. The van der Waals surface area contributed by atoms with Crippen LogP contribution in [0.25, 0.3) is 10.8 Å².